The average Bonchev–Trinajstić information content (AvgIpc) is 3.50. The lowest BCUT2D eigenvalue weighted by Crippen LogP contribution is -2.14. The molecule has 0 saturated heterocycles. The maximum Gasteiger partial charge on any atom is 0.162 e. The fourth-order valence-electron chi connectivity index (χ4n) is 6.72. The van der Waals surface area contributed by atoms with Gasteiger partial charge in [0.05, 0.1) is 16.7 Å². The summed E-state index contributed by atoms with van der Waals surface area (Å²) in [5, 5.41) is 13.0. The highest BCUT2D eigenvalue weighted by Gasteiger charge is 2.37. The molecule has 0 aliphatic heterocycles. The number of hydrogen-bond acceptors (Lipinski definition) is 3. The number of benzene rings is 5. The van der Waals surface area contributed by atoms with Crippen molar-refractivity contribution in [3.05, 3.63) is 138 Å². The summed E-state index contributed by atoms with van der Waals surface area (Å²) in [7, 11) is 0. The van der Waals surface area contributed by atoms with Gasteiger partial charge in [-0.15, -0.1) is 0 Å². The Kier molecular flexibility index (Phi) is 5.20. The van der Waals surface area contributed by atoms with Crippen LogP contribution in [0.4, 0.5) is 0 Å². The summed E-state index contributed by atoms with van der Waals surface area (Å²) in [6.45, 7) is 4.61. The maximum atomic E-state index is 10.7. The molecule has 7 aromatic rings. The highest BCUT2D eigenvalue weighted by atomic mass is 15.1. The van der Waals surface area contributed by atoms with Crippen LogP contribution in [0.2, 0.25) is 0 Å². The average molecular weight is 539 g/mol. The SMILES string of the molecule is CC1(C)c2ccccc2-c2c1ccc1c2c2ccccc2n1-c1nc(-c2ccccc2)nc(-c2ccccc2)c1C#N. The first-order valence-corrected chi connectivity index (χ1v) is 14.2. The molecule has 0 unspecified atom stereocenters. The first-order chi connectivity index (χ1) is 20.6. The van der Waals surface area contributed by atoms with Crippen LogP contribution in [-0.2, 0) is 5.41 Å². The summed E-state index contributed by atoms with van der Waals surface area (Å²) < 4.78 is 2.16. The van der Waals surface area contributed by atoms with Crippen LogP contribution in [0.5, 0.6) is 0 Å². The number of nitrogens with zero attached hydrogens (tertiary/aromatic N) is 4. The van der Waals surface area contributed by atoms with Gasteiger partial charge in [-0.25, -0.2) is 9.97 Å². The summed E-state index contributed by atoms with van der Waals surface area (Å²) in [4.78, 5) is 10.1. The minimum Gasteiger partial charge on any atom is -0.293 e. The second-order valence-electron chi connectivity index (χ2n) is 11.3. The van der Waals surface area contributed by atoms with Crippen LogP contribution in [0.3, 0.4) is 0 Å². The fourth-order valence-corrected chi connectivity index (χ4v) is 6.72. The monoisotopic (exact) mass is 538 g/mol. The van der Waals surface area contributed by atoms with E-state index in [1.165, 1.54) is 27.6 Å². The Bertz CT molecular complexity index is 2220. The summed E-state index contributed by atoms with van der Waals surface area (Å²) in [6.07, 6.45) is 0. The van der Waals surface area contributed by atoms with Crippen LogP contribution in [0.1, 0.15) is 30.5 Å². The van der Waals surface area contributed by atoms with Gasteiger partial charge in [-0.1, -0.05) is 123 Å². The predicted molar refractivity (Wildman–Crippen MR) is 170 cm³/mol. The van der Waals surface area contributed by atoms with Gasteiger partial charge in [-0.3, -0.25) is 4.57 Å². The molecule has 198 valence electrons. The van der Waals surface area contributed by atoms with Crippen molar-refractivity contribution in [1.29, 1.82) is 5.26 Å². The van der Waals surface area contributed by atoms with Crippen molar-refractivity contribution >= 4 is 21.8 Å². The van der Waals surface area contributed by atoms with Gasteiger partial charge in [0.1, 0.15) is 11.6 Å². The Morgan fingerprint density at radius 2 is 1.31 bits per heavy atom. The molecule has 1 aliphatic rings. The van der Waals surface area contributed by atoms with E-state index < -0.39 is 0 Å². The summed E-state index contributed by atoms with van der Waals surface area (Å²) in [6, 6.07) is 44.1. The Hall–Kier alpha value is -5.53. The number of rotatable bonds is 3. The molecule has 2 aromatic heterocycles. The highest BCUT2D eigenvalue weighted by molar-refractivity contribution is 6.18. The van der Waals surface area contributed by atoms with Crippen LogP contribution in [0, 0.1) is 11.3 Å². The quantitative estimate of drug-likeness (QED) is 0.225. The van der Waals surface area contributed by atoms with E-state index in [1.807, 2.05) is 60.7 Å². The number of para-hydroxylation sites is 1. The molecule has 0 atom stereocenters. The van der Waals surface area contributed by atoms with Gasteiger partial charge in [0.15, 0.2) is 11.6 Å². The second kappa shape index (κ2) is 8.99. The van der Waals surface area contributed by atoms with Crippen molar-refractivity contribution in [3.63, 3.8) is 0 Å². The summed E-state index contributed by atoms with van der Waals surface area (Å²) in [5.74, 6) is 1.17. The normalized spacial score (nSPS) is 13.2. The van der Waals surface area contributed by atoms with Gasteiger partial charge in [0.2, 0.25) is 0 Å². The van der Waals surface area contributed by atoms with Gasteiger partial charge in [0.25, 0.3) is 0 Å². The zero-order valence-corrected chi connectivity index (χ0v) is 23.3. The largest absolute Gasteiger partial charge is 0.293 e. The standard InChI is InChI=1S/C38H26N4/c1-38(2)29-19-11-9-17-26(29)33-30(38)21-22-32-34(33)27-18-10-12-20-31(27)42(32)37-28(23-39)35(24-13-5-3-6-14-24)40-36(41-37)25-15-7-4-8-16-25/h3-22H,1-2H3. The van der Waals surface area contributed by atoms with Crippen molar-refractivity contribution in [1.82, 2.24) is 14.5 Å². The molecular weight excluding hydrogens is 512 g/mol. The minimum absolute atomic E-state index is 0.114. The van der Waals surface area contributed by atoms with Crippen LogP contribution >= 0.6 is 0 Å². The molecule has 5 aromatic carbocycles. The van der Waals surface area contributed by atoms with E-state index in [1.54, 1.807) is 0 Å². The van der Waals surface area contributed by atoms with Crippen molar-refractivity contribution in [2.45, 2.75) is 19.3 Å². The Morgan fingerprint density at radius 3 is 2.07 bits per heavy atom. The molecule has 0 N–H and O–H groups in total. The molecule has 4 heteroatoms. The Labute approximate surface area is 244 Å². The van der Waals surface area contributed by atoms with E-state index in [2.05, 4.69) is 85.1 Å². The first-order valence-electron chi connectivity index (χ1n) is 14.2. The Morgan fingerprint density at radius 1 is 0.643 bits per heavy atom. The second-order valence-corrected chi connectivity index (χ2v) is 11.3. The van der Waals surface area contributed by atoms with Crippen LogP contribution in [0.25, 0.3) is 61.4 Å². The molecule has 8 rings (SSSR count). The van der Waals surface area contributed by atoms with Gasteiger partial charge < -0.3 is 0 Å². The minimum atomic E-state index is -0.114. The molecule has 0 radical (unpaired) electrons. The molecule has 0 saturated carbocycles. The molecular formula is C38H26N4. The third-order valence-electron chi connectivity index (χ3n) is 8.67. The smallest absolute Gasteiger partial charge is 0.162 e. The first kappa shape index (κ1) is 24.3. The van der Waals surface area contributed by atoms with Crippen molar-refractivity contribution in [3.8, 4) is 45.7 Å². The van der Waals surface area contributed by atoms with E-state index in [4.69, 9.17) is 9.97 Å². The molecule has 1 aliphatic carbocycles. The third kappa shape index (κ3) is 3.34. The van der Waals surface area contributed by atoms with E-state index >= 15 is 0 Å². The third-order valence-corrected chi connectivity index (χ3v) is 8.67. The highest BCUT2D eigenvalue weighted by Crippen LogP contribution is 2.53. The molecule has 0 bridgehead atoms. The molecule has 0 spiro atoms. The lowest BCUT2D eigenvalue weighted by molar-refractivity contribution is 0.661. The van der Waals surface area contributed by atoms with E-state index in [-0.39, 0.29) is 5.41 Å². The predicted octanol–water partition coefficient (Wildman–Crippen LogP) is 9.09. The van der Waals surface area contributed by atoms with Crippen LogP contribution < -0.4 is 0 Å². The van der Waals surface area contributed by atoms with E-state index in [0.29, 0.717) is 22.9 Å². The molecule has 4 nitrogen and oxygen atoms in total. The van der Waals surface area contributed by atoms with Crippen LogP contribution in [-0.4, -0.2) is 14.5 Å². The molecule has 2 heterocycles. The lowest BCUT2D eigenvalue weighted by Gasteiger charge is -2.21. The molecule has 42 heavy (non-hydrogen) atoms. The van der Waals surface area contributed by atoms with Gasteiger partial charge in [-0.2, -0.15) is 5.26 Å². The van der Waals surface area contributed by atoms with Crippen LogP contribution in [0.15, 0.2) is 121 Å². The van der Waals surface area contributed by atoms with Crippen molar-refractivity contribution < 1.29 is 0 Å². The summed E-state index contributed by atoms with van der Waals surface area (Å²) >= 11 is 0. The maximum absolute atomic E-state index is 10.7. The topological polar surface area (TPSA) is 54.5 Å². The lowest BCUT2D eigenvalue weighted by atomic mass is 9.82. The van der Waals surface area contributed by atoms with Gasteiger partial charge in [-0.05, 0) is 34.4 Å². The van der Waals surface area contributed by atoms with E-state index in [9.17, 15) is 5.26 Å². The molecule has 0 fully saturated rings. The number of nitriles is 1. The van der Waals surface area contributed by atoms with Gasteiger partial charge in [0, 0.05) is 27.3 Å². The van der Waals surface area contributed by atoms with Gasteiger partial charge >= 0.3 is 0 Å². The van der Waals surface area contributed by atoms with Crippen molar-refractivity contribution in [2.24, 2.45) is 0 Å². The molecule has 0 amide bonds. The zero-order chi connectivity index (χ0) is 28.4. The van der Waals surface area contributed by atoms with E-state index in [0.717, 1.165) is 27.5 Å². The number of hydrogen-bond donors (Lipinski definition) is 0. The number of fused-ring (bicyclic) bond motifs is 7. The summed E-state index contributed by atoms with van der Waals surface area (Å²) in [5.41, 5.74) is 9.96. The van der Waals surface area contributed by atoms with Crippen molar-refractivity contribution in [2.75, 3.05) is 0 Å². The Balaban J connectivity index is 1.53. The number of aromatic nitrogens is 3. The zero-order valence-electron chi connectivity index (χ0n) is 23.3. The fraction of sp³-hybridized carbons (Fsp3) is 0.0789.